The van der Waals surface area contributed by atoms with E-state index < -0.39 is 5.97 Å². The first-order valence-corrected chi connectivity index (χ1v) is 9.34. The van der Waals surface area contributed by atoms with Gasteiger partial charge in [-0.15, -0.1) is 0 Å². The second kappa shape index (κ2) is 9.69. The minimum Gasteiger partial charge on any atom is -0.481 e. The maximum Gasteiger partial charge on any atom is 0.304 e. The number of benzene rings is 1. The van der Waals surface area contributed by atoms with E-state index in [1.165, 1.54) is 11.1 Å². The number of hydrogen-bond donors (Lipinski definition) is 1. The Labute approximate surface area is 156 Å². The molecule has 0 spiro atoms. The maximum absolute atomic E-state index is 12.3. The quantitative estimate of drug-likeness (QED) is 0.766. The standard InChI is InChI=1S/C20H31N3O3/c1-16(2)18-6-4-17(5-7-18)14-22-10-12-23(13-11-22)19(24)15-21(3)9-8-20(25)26/h4-7,16H,8-15H2,1-3H3,(H,25,26). The smallest absolute Gasteiger partial charge is 0.304 e. The second-order valence-corrected chi connectivity index (χ2v) is 7.43. The second-order valence-electron chi connectivity index (χ2n) is 7.43. The van der Waals surface area contributed by atoms with Crippen LogP contribution in [0.15, 0.2) is 24.3 Å². The van der Waals surface area contributed by atoms with Crippen LogP contribution in [0, 0.1) is 0 Å². The van der Waals surface area contributed by atoms with Gasteiger partial charge in [0, 0.05) is 39.3 Å². The zero-order valence-corrected chi connectivity index (χ0v) is 16.1. The summed E-state index contributed by atoms with van der Waals surface area (Å²) < 4.78 is 0. The van der Waals surface area contributed by atoms with Crippen LogP contribution in [-0.2, 0) is 16.1 Å². The minimum absolute atomic E-state index is 0.0627. The lowest BCUT2D eigenvalue weighted by Gasteiger charge is -2.35. The van der Waals surface area contributed by atoms with E-state index in [0.717, 1.165) is 32.7 Å². The van der Waals surface area contributed by atoms with Gasteiger partial charge in [-0.05, 0) is 24.1 Å². The van der Waals surface area contributed by atoms with Gasteiger partial charge in [-0.1, -0.05) is 38.1 Å². The van der Waals surface area contributed by atoms with Crippen molar-refractivity contribution in [3.8, 4) is 0 Å². The van der Waals surface area contributed by atoms with Gasteiger partial charge in [0.1, 0.15) is 0 Å². The van der Waals surface area contributed by atoms with Crippen LogP contribution < -0.4 is 0 Å². The molecule has 1 aliphatic rings. The molecule has 2 rings (SSSR count). The van der Waals surface area contributed by atoms with Gasteiger partial charge in [0.15, 0.2) is 0 Å². The van der Waals surface area contributed by atoms with Gasteiger partial charge in [-0.2, -0.15) is 0 Å². The molecule has 1 amide bonds. The molecule has 1 aromatic carbocycles. The number of aliphatic carboxylic acids is 1. The highest BCUT2D eigenvalue weighted by molar-refractivity contribution is 5.78. The fourth-order valence-corrected chi connectivity index (χ4v) is 3.12. The van der Waals surface area contributed by atoms with E-state index in [4.69, 9.17) is 5.11 Å². The average molecular weight is 361 g/mol. The van der Waals surface area contributed by atoms with Crippen LogP contribution in [0.25, 0.3) is 0 Å². The van der Waals surface area contributed by atoms with Crippen LogP contribution in [-0.4, -0.2) is 78.0 Å². The average Bonchev–Trinajstić information content (AvgIpc) is 2.61. The molecule has 0 aliphatic carbocycles. The minimum atomic E-state index is -0.834. The van der Waals surface area contributed by atoms with Gasteiger partial charge in [0.25, 0.3) is 0 Å². The molecule has 0 saturated carbocycles. The Morgan fingerprint density at radius 1 is 1.12 bits per heavy atom. The summed E-state index contributed by atoms with van der Waals surface area (Å²) in [5, 5.41) is 8.71. The fourth-order valence-electron chi connectivity index (χ4n) is 3.12. The molecular weight excluding hydrogens is 330 g/mol. The lowest BCUT2D eigenvalue weighted by atomic mass is 10.0. The Balaban J connectivity index is 1.74. The van der Waals surface area contributed by atoms with Gasteiger partial charge in [0.05, 0.1) is 13.0 Å². The van der Waals surface area contributed by atoms with E-state index in [-0.39, 0.29) is 18.9 Å². The summed E-state index contributed by atoms with van der Waals surface area (Å²) in [5.41, 5.74) is 2.67. The number of carboxylic acids is 1. The highest BCUT2D eigenvalue weighted by Crippen LogP contribution is 2.16. The Hall–Kier alpha value is -1.92. The van der Waals surface area contributed by atoms with Crippen LogP contribution in [0.2, 0.25) is 0 Å². The Bertz CT molecular complexity index is 593. The van der Waals surface area contributed by atoms with Crippen LogP contribution in [0.3, 0.4) is 0 Å². The number of rotatable bonds is 8. The Morgan fingerprint density at radius 2 is 1.73 bits per heavy atom. The maximum atomic E-state index is 12.3. The molecule has 1 fully saturated rings. The normalized spacial score (nSPS) is 15.7. The lowest BCUT2D eigenvalue weighted by molar-refractivity contribution is -0.138. The number of amides is 1. The fraction of sp³-hybridized carbons (Fsp3) is 0.600. The van der Waals surface area contributed by atoms with Gasteiger partial charge in [0.2, 0.25) is 5.91 Å². The van der Waals surface area contributed by atoms with Crippen LogP contribution in [0.4, 0.5) is 0 Å². The monoisotopic (exact) mass is 361 g/mol. The predicted octanol–water partition coefficient (Wildman–Crippen LogP) is 1.86. The van der Waals surface area contributed by atoms with Gasteiger partial charge in [-0.3, -0.25) is 19.4 Å². The van der Waals surface area contributed by atoms with Crippen molar-refractivity contribution < 1.29 is 14.7 Å². The van der Waals surface area contributed by atoms with E-state index >= 15 is 0 Å². The van der Waals surface area contributed by atoms with Crippen molar-refractivity contribution in [3.63, 3.8) is 0 Å². The van der Waals surface area contributed by atoms with Crippen molar-refractivity contribution in [1.82, 2.24) is 14.7 Å². The van der Waals surface area contributed by atoms with Crippen molar-refractivity contribution in [1.29, 1.82) is 0 Å². The molecule has 1 saturated heterocycles. The third-order valence-electron chi connectivity index (χ3n) is 4.89. The molecule has 0 unspecified atom stereocenters. The summed E-state index contributed by atoms with van der Waals surface area (Å²) >= 11 is 0. The highest BCUT2D eigenvalue weighted by Gasteiger charge is 2.22. The summed E-state index contributed by atoms with van der Waals surface area (Å²) in [4.78, 5) is 29.0. The van der Waals surface area contributed by atoms with Crippen molar-refractivity contribution in [2.24, 2.45) is 0 Å². The SMILES string of the molecule is CC(C)c1ccc(CN2CCN(C(=O)CN(C)CCC(=O)O)CC2)cc1. The van der Waals surface area contributed by atoms with E-state index in [0.29, 0.717) is 12.5 Å². The number of hydrogen-bond acceptors (Lipinski definition) is 4. The first kappa shape index (κ1) is 20.4. The molecule has 0 bridgehead atoms. The molecule has 0 atom stereocenters. The van der Waals surface area contributed by atoms with E-state index in [1.807, 2.05) is 4.90 Å². The van der Waals surface area contributed by atoms with E-state index in [2.05, 4.69) is 43.0 Å². The van der Waals surface area contributed by atoms with Crippen molar-refractivity contribution in [3.05, 3.63) is 35.4 Å². The van der Waals surface area contributed by atoms with Crippen LogP contribution in [0.5, 0.6) is 0 Å². The third kappa shape index (κ3) is 6.42. The van der Waals surface area contributed by atoms with Crippen LogP contribution in [0.1, 0.15) is 37.3 Å². The summed E-state index contributed by atoms with van der Waals surface area (Å²) in [6, 6.07) is 8.80. The largest absolute Gasteiger partial charge is 0.481 e. The molecule has 0 aromatic heterocycles. The van der Waals surface area contributed by atoms with Crippen LogP contribution >= 0.6 is 0 Å². The van der Waals surface area contributed by atoms with Gasteiger partial charge < -0.3 is 10.0 Å². The number of nitrogens with zero attached hydrogens (tertiary/aromatic N) is 3. The molecule has 144 valence electrons. The molecular formula is C20H31N3O3. The van der Waals surface area contributed by atoms with Gasteiger partial charge in [-0.25, -0.2) is 0 Å². The number of carbonyl (C=O) groups excluding carboxylic acids is 1. The number of likely N-dealkylation sites (N-methyl/N-ethyl adjacent to an activating group) is 1. The van der Waals surface area contributed by atoms with Crippen molar-refractivity contribution in [2.75, 3.05) is 46.3 Å². The number of carbonyl (C=O) groups is 2. The molecule has 1 aromatic rings. The number of carboxylic acid groups (broad SMARTS) is 1. The van der Waals surface area contributed by atoms with Crippen molar-refractivity contribution in [2.45, 2.75) is 32.7 Å². The predicted molar refractivity (Wildman–Crippen MR) is 102 cm³/mol. The molecule has 0 radical (unpaired) electrons. The van der Waals surface area contributed by atoms with E-state index in [9.17, 15) is 9.59 Å². The number of piperazine rings is 1. The first-order valence-electron chi connectivity index (χ1n) is 9.34. The Kier molecular flexibility index (Phi) is 7.60. The Morgan fingerprint density at radius 3 is 2.27 bits per heavy atom. The molecule has 6 nitrogen and oxygen atoms in total. The third-order valence-corrected chi connectivity index (χ3v) is 4.89. The lowest BCUT2D eigenvalue weighted by Crippen LogP contribution is -2.50. The summed E-state index contributed by atoms with van der Waals surface area (Å²) in [6.45, 7) is 9.20. The summed E-state index contributed by atoms with van der Waals surface area (Å²) in [7, 11) is 1.79. The highest BCUT2D eigenvalue weighted by atomic mass is 16.4. The topological polar surface area (TPSA) is 64.1 Å². The van der Waals surface area contributed by atoms with Gasteiger partial charge >= 0.3 is 5.97 Å². The molecule has 1 heterocycles. The first-order chi connectivity index (χ1) is 12.3. The zero-order valence-electron chi connectivity index (χ0n) is 16.1. The molecule has 1 aliphatic heterocycles. The molecule has 26 heavy (non-hydrogen) atoms. The molecule has 1 N–H and O–H groups in total. The summed E-state index contributed by atoms with van der Waals surface area (Å²) in [6.07, 6.45) is 0.0627. The van der Waals surface area contributed by atoms with E-state index in [1.54, 1.807) is 11.9 Å². The van der Waals surface area contributed by atoms with Crippen molar-refractivity contribution >= 4 is 11.9 Å². The zero-order chi connectivity index (χ0) is 19.1. The molecule has 6 heteroatoms. The summed E-state index contributed by atoms with van der Waals surface area (Å²) in [5.74, 6) is -0.203.